The van der Waals surface area contributed by atoms with Gasteiger partial charge in [0.25, 0.3) is 0 Å². The van der Waals surface area contributed by atoms with Crippen molar-refractivity contribution in [1.82, 2.24) is 0 Å². The van der Waals surface area contributed by atoms with Crippen LogP contribution in [0.4, 0.5) is 4.39 Å². The van der Waals surface area contributed by atoms with Crippen molar-refractivity contribution in [3.05, 3.63) is 30.1 Å². The number of benzene rings is 1. The average molecular weight is 243 g/mol. The molecule has 0 aliphatic carbocycles. The number of rotatable bonds is 2. The van der Waals surface area contributed by atoms with Crippen molar-refractivity contribution >= 4 is 23.1 Å². The Kier molecular flexibility index (Phi) is 9.59. The summed E-state index contributed by atoms with van der Waals surface area (Å²) in [5, 5.41) is 0. The van der Waals surface area contributed by atoms with E-state index in [1.54, 1.807) is 0 Å². The Morgan fingerprint density at radius 1 is 1.58 bits per heavy atom. The molecule has 1 rings (SSSR count). The summed E-state index contributed by atoms with van der Waals surface area (Å²) in [6.07, 6.45) is 0. The molecular weight excluding hydrogens is 235 g/mol. The van der Waals surface area contributed by atoms with Gasteiger partial charge in [-0.05, 0) is 6.92 Å². The van der Waals surface area contributed by atoms with Gasteiger partial charge in [0.15, 0.2) is 0 Å². The first-order chi connectivity index (χ1) is 4.83. The zero-order valence-electron chi connectivity index (χ0n) is 6.81. The van der Waals surface area contributed by atoms with E-state index in [1.807, 2.05) is 6.92 Å². The Bertz CT molecular complexity index is 220. The minimum absolute atomic E-state index is 0. The van der Waals surface area contributed by atoms with Gasteiger partial charge in [0, 0.05) is 11.6 Å². The van der Waals surface area contributed by atoms with Crippen molar-refractivity contribution in [2.24, 2.45) is 0 Å². The minimum Gasteiger partial charge on any atom is -1.00 e. The first-order valence-electron chi connectivity index (χ1n) is 3.13. The second kappa shape index (κ2) is 7.83. The molecule has 0 unspecified atom stereocenters. The summed E-state index contributed by atoms with van der Waals surface area (Å²) in [6, 6.07) is 6.89. The van der Waals surface area contributed by atoms with Crippen LogP contribution in [-0.4, -0.2) is 29.7 Å². The van der Waals surface area contributed by atoms with Crippen molar-refractivity contribution in [1.29, 1.82) is 0 Å². The van der Waals surface area contributed by atoms with Gasteiger partial charge in [-0.3, -0.25) is 0 Å². The maximum absolute atomic E-state index is 12.4. The van der Waals surface area contributed by atoms with Gasteiger partial charge < -0.3 is 21.7 Å². The molecule has 0 atom stereocenters. The zero-order valence-corrected chi connectivity index (χ0v) is 9.81. The van der Waals surface area contributed by atoms with Crippen molar-refractivity contribution in [3.8, 4) is 5.75 Å². The monoisotopic (exact) mass is 242 g/mol. The third kappa shape index (κ3) is 4.95. The Morgan fingerprint density at radius 3 is 2.75 bits per heavy atom. The molecule has 0 fully saturated rings. The van der Waals surface area contributed by atoms with Gasteiger partial charge in [-0.15, -0.1) is 12.1 Å². The van der Waals surface area contributed by atoms with Gasteiger partial charge in [0.05, 0.1) is 6.61 Å². The summed E-state index contributed by atoms with van der Waals surface area (Å²) < 4.78 is 17.4. The molecule has 1 aromatic rings. The molecule has 62 valence electrons. The van der Waals surface area contributed by atoms with E-state index in [4.69, 9.17) is 4.74 Å². The maximum atomic E-state index is 12.4. The molecule has 0 aliphatic rings. The maximum Gasteiger partial charge on any atom is 2.00 e. The van der Waals surface area contributed by atoms with Crippen LogP contribution in [0.2, 0.25) is 0 Å². The fourth-order valence-electron chi connectivity index (χ4n) is 0.657. The van der Waals surface area contributed by atoms with Crippen LogP contribution in [-0.2, 0) is 0 Å². The van der Waals surface area contributed by atoms with Crippen LogP contribution < -0.4 is 21.7 Å². The summed E-state index contributed by atoms with van der Waals surface area (Å²) in [5.74, 6) is 0.171. The van der Waals surface area contributed by atoms with E-state index in [2.05, 4.69) is 6.07 Å². The molecule has 1 aromatic carbocycles. The predicted molar refractivity (Wildman–Crippen MR) is 42.2 cm³/mol. The van der Waals surface area contributed by atoms with Crippen LogP contribution in [0, 0.1) is 11.9 Å². The number of ether oxygens (including phenoxy) is 1. The van der Waals surface area contributed by atoms with Crippen molar-refractivity contribution in [2.75, 3.05) is 6.61 Å². The van der Waals surface area contributed by atoms with Crippen LogP contribution in [0.5, 0.6) is 5.75 Å². The Morgan fingerprint density at radius 2 is 2.25 bits per heavy atom. The molecule has 0 aromatic heterocycles. The molecule has 0 radical (unpaired) electrons. The Balaban J connectivity index is 0. The molecule has 0 bridgehead atoms. The van der Waals surface area contributed by atoms with Crippen LogP contribution in [0.1, 0.15) is 6.92 Å². The summed E-state index contributed by atoms with van der Waals surface area (Å²) in [6.45, 7) is 2.39. The summed E-state index contributed by atoms with van der Waals surface area (Å²) in [5.41, 5.74) is 0. The van der Waals surface area contributed by atoms with Crippen molar-refractivity contribution in [2.45, 2.75) is 6.92 Å². The normalized spacial score (nSPS) is 7.83. The molecule has 0 saturated heterocycles. The van der Waals surface area contributed by atoms with E-state index in [0.717, 1.165) is 0 Å². The first kappa shape index (κ1) is 14.7. The fraction of sp³-hybridized carbons (Fsp3) is 0.250. The molecule has 12 heavy (non-hydrogen) atoms. The molecule has 0 aliphatic heterocycles. The zero-order chi connectivity index (χ0) is 7.40. The second-order valence-corrected chi connectivity index (χ2v) is 1.80. The quantitative estimate of drug-likeness (QED) is 0.461. The summed E-state index contributed by atoms with van der Waals surface area (Å²) >= 11 is 0. The summed E-state index contributed by atoms with van der Waals surface area (Å²) in [4.78, 5) is 0. The van der Waals surface area contributed by atoms with E-state index in [1.165, 1.54) is 18.2 Å². The van der Waals surface area contributed by atoms with E-state index in [-0.39, 0.29) is 45.9 Å². The van der Waals surface area contributed by atoms with Gasteiger partial charge in [-0.2, -0.15) is 6.07 Å². The Labute approximate surface area is 98.2 Å². The summed E-state index contributed by atoms with van der Waals surface area (Å²) in [7, 11) is 0. The molecule has 1 nitrogen and oxygen atoms in total. The van der Waals surface area contributed by atoms with Gasteiger partial charge in [0.2, 0.25) is 0 Å². The third-order valence-electron chi connectivity index (χ3n) is 1.04. The van der Waals surface area contributed by atoms with Gasteiger partial charge >= 0.3 is 23.1 Å². The largest absolute Gasteiger partial charge is 2.00 e. The molecule has 0 saturated carbocycles. The standard InChI is InChI=1S/C8H8FO.BrH.Mg/c1-2-10-8-5-3-4-7(9)6-8;;/h3-4,6H,2H2,1H3;1H;/q-1;;+2/p-1. The van der Waals surface area contributed by atoms with Gasteiger partial charge in [0.1, 0.15) is 0 Å². The third-order valence-corrected chi connectivity index (χ3v) is 1.04. The van der Waals surface area contributed by atoms with Crippen LogP contribution in [0.25, 0.3) is 0 Å². The SMILES string of the molecule is CCOc1[c-]ccc(F)c1.[Br-].[Mg+2]. The topological polar surface area (TPSA) is 9.23 Å². The first-order valence-corrected chi connectivity index (χ1v) is 3.13. The molecule has 4 heteroatoms. The predicted octanol–water partition coefficient (Wildman–Crippen LogP) is -1.35. The van der Waals surface area contributed by atoms with E-state index >= 15 is 0 Å². The van der Waals surface area contributed by atoms with Gasteiger partial charge in [-0.25, -0.2) is 4.39 Å². The van der Waals surface area contributed by atoms with E-state index in [9.17, 15) is 4.39 Å². The molecule has 0 N–H and O–H groups in total. The number of hydrogen-bond acceptors (Lipinski definition) is 1. The Hall–Kier alpha value is 0.196. The molecular formula is C8H8BrFMgO. The van der Waals surface area contributed by atoms with Crippen molar-refractivity contribution in [3.63, 3.8) is 0 Å². The van der Waals surface area contributed by atoms with Crippen LogP contribution >= 0.6 is 0 Å². The second-order valence-electron chi connectivity index (χ2n) is 1.80. The van der Waals surface area contributed by atoms with Gasteiger partial charge in [-0.1, -0.05) is 6.07 Å². The van der Waals surface area contributed by atoms with E-state index in [0.29, 0.717) is 12.4 Å². The van der Waals surface area contributed by atoms with Crippen molar-refractivity contribution < 1.29 is 26.1 Å². The molecule has 0 amide bonds. The fourth-order valence-corrected chi connectivity index (χ4v) is 0.657. The number of hydrogen-bond donors (Lipinski definition) is 0. The average Bonchev–Trinajstić information content (AvgIpc) is 1.88. The van der Waals surface area contributed by atoms with Crippen LogP contribution in [0.15, 0.2) is 18.2 Å². The smallest absolute Gasteiger partial charge is 1.00 e. The molecule has 0 spiro atoms. The minimum atomic E-state index is -0.290. The molecule has 0 heterocycles. The van der Waals surface area contributed by atoms with Crippen LogP contribution in [0.3, 0.4) is 0 Å². The van der Waals surface area contributed by atoms with E-state index < -0.39 is 0 Å². The number of halogens is 2.